The minimum atomic E-state index is -3.54. The highest BCUT2D eigenvalue weighted by Crippen LogP contribution is 2.57. The molecule has 0 unspecified atom stereocenters. The summed E-state index contributed by atoms with van der Waals surface area (Å²) in [5.74, 6) is 4.20. The van der Waals surface area contributed by atoms with E-state index in [1.54, 1.807) is 4.68 Å². The Morgan fingerprint density at radius 3 is 2.39 bits per heavy atom. The molecule has 0 amide bonds. The van der Waals surface area contributed by atoms with Gasteiger partial charge < -0.3 is 5.11 Å². The van der Waals surface area contributed by atoms with Crippen molar-refractivity contribution in [3.05, 3.63) is 6.33 Å². The molecule has 0 radical (unpaired) electrons. The van der Waals surface area contributed by atoms with Crippen LogP contribution in [0.1, 0.15) is 38.5 Å². The molecule has 128 valence electrons. The number of rotatable bonds is 6. The summed E-state index contributed by atoms with van der Waals surface area (Å²) in [6.07, 6.45) is 9.69. The van der Waals surface area contributed by atoms with Gasteiger partial charge in [-0.2, -0.15) is 0 Å². The summed E-state index contributed by atoms with van der Waals surface area (Å²) in [5.41, 5.74) is 0. The molecule has 23 heavy (non-hydrogen) atoms. The van der Waals surface area contributed by atoms with Gasteiger partial charge in [0.05, 0.1) is 12.4 Å². The number of aliphatic hydroxyl groups excluding tert-OH is 1. The van der Waals surface area contributed by atoms with Gasteiger partial charge in [0.25, 0.3) is 5.16 Å². The average molecular weight is 339 g/mol. The second-order valence-electron chi connectivity index (χ2n) is 7.72. The maximum Gasteiger partial charge on any atom is 0.266 e. The molecule has 0 saturated heterocycles. The van der Waals surface area contributed by atoms with Crippen LogP contribution in [0.25, 0.3) is 0 Å². The average Bonchev–Trinajstić information content (AvgIpc) is 2.95. The SMILES string of the molecule is O=S(=O)(CCO)c1ncn(CCC2C3CC4CC(C3)CC2C4)n1. The van der Waals surface area contributed by atoms with Crippen LogP contribution in [-0.2, 0) is 16.4 Å². The molecule has 7 heteroatoms. The van der Waals surface area contributed by atoms with Crippen molar-refractivity contribution in [2.45, 2.75) is 50.2 Å². The maximum atomic E-state index is 11.9. The Kier molecular flexibility index (Phi) is 3.96. The van der Waals surface area contributed by atoms with E-state index in [0.29, 0.717) is 0 Å². The van der Waals surface area contributed by atoms with Crippen LogP contribution in [0.3, 0.4) is 0 Å². The van der Waals surface area contributed by atoms with E-state index >= 15 is 0 Å². The highest BCUT2D eigenvalue weighted by molar-refractivity contribution is 7.91. The van der Waals surface area contributed by atoms with Crippen molar-refractivity contribution in [1.29, 1.82) is 0 Å². The highest BCUT2D eigenvalue weighted by atomic mass is 32.2. The smallest absolute Gasteiger partial charge is 0.266 e. The normalized spacial score (nSPS) is 35.8. The summed E-state index contributed by atoms with van der Waals surface area (Å²) in [4.78, 5) is 3.91. The number of aryl methyl sites for hydroxylation is 1. The predicted molar refractivity (Wildman–Crippen MR) is 84.3 cm³/mol. The fourth-order valence-electron chi connectivity index (χ4n) is 5.53. The van der Waals surface area contributed by atoms with Crippen molar-refractivity contribution in [1.82, 2.24) is 14.8 Å². The van der Waals surface area contributed by atoms with E-state index in [2.05, 4.69) is 10.1 Å². The first-order valence-corrected chi connectivity index (χ1v) is 10.4. The first-order chi connectivity index (χ1) is 11.0. The standard InChI is InChI=1S/C16H25N3O3S/c20-3-4-23(21,22)16-17-10-19(18-16)2-1-15-13-6-11-5-12(8-13)9-14(15)7-11/h10-15,20H,1-9H2. The Bertz CT molecular complexity index is 642. The van der Waals surface area contributed by atoms with Gasteiger partial charge >= 0.3 is 0 Å². The third-order valence-electron chi connectivity index (χ3n) is 6.27. The van der Waals surface area contributed by atoms with Crippen LogP contribution >= 0.6 is 0 Å². The van der Waals surface area contributed by atoms with Gasteiger partial charge in [0, 0.05) is 6.54 Å². The Morgan fingerprint density at radius 2 is 1.78 bits per heavy atom. The predicted octanol–water partition coefficient (Wildman–Crippen LogP) is 1.51. The molecule has 0 aliphatic heterocycles. The molecule has 5 rings (SSSR count). The van der Waals surface area contributed by atoms with E-state index in [0.717, 1.165) is 42.6 Å². The zero-order valence-corrected chi connectivity index (χ0v) is 14.2. The summed E-state index contributed by atoms with van der Waals surface area (Å²) < 4.78 is 25.4. The lowest BCUT2D eigenvalue weighted by Gasteiger charge is -2.54. The second-order valence-corrected chi connectivity index (χ2v) is 9.72. The lowest BCUT2D eigenvalue weighted by atomic mass is 9.51. The van der Waals surface area contributed by atoms with Gasteiger partial charge in [-0.05, 0) is 68.1 Å². The molecule has 6 nitrogen and oxygen atoms in total. The third-order valence-corrected chi connectivity index (χ3v) is 7.73. The van der Waals surface area contributed by atoms with E-state index in [1.807, 2.05) is 0 Å². The minimum absolute atomic E-state index is 0.156. The zero-order valence-electron chi connectivity index (χ0n) is 13.3. The largest absolute Gasteiger partial charge is 0.395 e. The Hall–Kier alpha value is -0.950. The molecular weight excluding hydrogens is 314 g/mol. The molecular formula is C16H25N3O3S. The Labute approximate surface area is 137 Å². The molecule has 4 bridgehead atoms. The summed E-state index contributed by atoms with van der Waals surface area (Å²) >= 11 is 0. The van der Waals surface area contributed by atoms with Crippen LogP contribution in [-0.4, -0.2) is 40.6 Å². The Morgan fingerprint density at radius 1 is 1.13 bits per heavy atom. The lowest BCUT2D eigenvalue weighted by molar-refractivity contribution is -0.0413. The minimum Gasteiger partial charge on any atom is -0.395 e. The quantitative estimate of drug-likeness (QED) is 0.849. The highest BCUT2D eigenvalue weighted by Gasteiger charge is 2.47. The number of hydrogen-bond donors (Lipinski definition) is 1. The van der Waals surface area contributed by atoms with Crippen LogP contribution in [0.4, 0.5) is 0 Å². The molecule has 1 aromatic rings. The summed E-state index contributed by atoms with van der Waals surface area (Å²) in [6, 6.07) is 0. The number of aromatic nitrogens is 3. The van der Waals surface area contributed by atoms with E-state index in [1.165, 1.54) is 38.4 Å². The maximum absolute atomic E-state index is 11.9. The monoisotopic (exact) mass is 339 g/mol. The summed E-state index contributed by atoms with van der Waals surface area (Å²) in [7, 11) is -3.54. The third kappa shape index (κ3) is 2.93. The van der Waals surface area contributed by atoms with Gasteiger partial charge in [-0.1, -0.05) is 0 Å². The fourth-order valence-corrected chi connectivity index (χ4v) is 6.39. The number of hydrogen-bond acceptors (Lipinski definition) is 5. The number of sulfone groups is 1. The van der Waals surface area contributed by atoms with Gasteiger partial charge in [-0.15, -0.1) is 5.10 Å². The van der Waals surface area contributed by atoms with Crippen molar-refractivity contribution >= 4 is 9.84 Å². The topological polar surface area (TPSA) is 85.1 Å². The molecule has 1 heterocycles. The molecule has 1 N–H and O–H groups in total. The van der Waals surface area contributed by atoms with Crippen molar-refractivity contribution in [3.8, 4) is 0 Å². The summed E-state index contributed by atoms with van der Waals surface area (Å²) in [6.45, 7) is 0.347. The second kappa shape index (κ2) is 5.84. The molecule has 4 saturated carbocycles. The van der Waals surface area contributed by atoms with E-state index in [9.17, 15) is 8.42 Å². The zero-order chi connectivity index (χ0) is 16.0. The molecule has 4 fully saturated rings. The first kappa shape index (κ1) is 15.6. The lowest BCUT2D eigenvalue weighted by Crippen LogP contribution is -2.45. The van der Waals surface area contributed by atoms with Crippen molar-refractivity contribution in [2.24, 2.45) is 29.6 Å². The van der Waals surface area contributed by atoms with Gasteiger partial charge in [0.2, 0.25) is 9.84 Å². The first-order valence-electron chi connectivity index (χ1n) is 8.78. The van der Waals surface area contributed by atoms with Crippen molar-refractivity contribution in [3.63, 3.8) is 0 Å². The van der Waals surface area contributed by atoms with E-state index < -0.39 is 16.4 Å². The van der Waals surface area contributed by atoms with Crippen LogP contribution in [0.2, 0.25) is 0 Å². The molecule has 0 atom stereocenters. The van der Waals surface area contributed by atoms with Crippen LogP contribution in [0.5, 0.6) is 0 Å². The van der Waals surface area contributed by atoms with Crippen LogP contribution in [0, 0.1) is 29.6 Å². The van der Waals surface area contributed by atoms with Gasteiger partial charge in [-0.25, -0.2) is 13.4 Å². The van der Waals surface area contributed by atoms with Gasteiger partial charge in [0.1, 0.15) is 6.33 Å². The molecule has 1 aromatic heterocycles. The number of nitrogens with zero attached hydrogens (tertiary/aromatic N) is 3. The van der Waals surface area contributed by atoms with Crippen LogP contribution < -0.4 is 0 Å². The van der Waals surface area contributed by atoms with E-state index in [4.69, 9.17) is 5.11 Å². The van der Waals surface area contributed by atoms with Gasteiger partial charge in [0.15, 0.2) is 0 Å². The van der Waals surface area contributed by atoms with Crippen LogP contribution in [0.15, 0.2) is 11.5 Å². The molecule has 0 aromatic carbocycles. The molecule has 4 aliphatic carbocycles. The van der Waals surface area contributed by atoms with E-state index in [-0.39, 0.29) is 10.9 Å². The Balaban J connectivity index is 1.39. The number of aliphatic hydroxyl groups is 1. The molecule has 0 spiro atoms. The summed E-state index contributed by atoms with van der Waals surface area (Å²) in [5, 5.41) is 12.8. The fraction of sp³-hybridized carbons (Fsp3) is 0.875. The molecule has 4 aliphatic rings. The van der Waals surface area contributed by atoms with Crippen molar-refractivity contribution < 1.29 is 13.5 Å². The van der Waals surface area contributed by atoms with Gasteiger partial charge in [-0.3, -0.25) is 4.68 Å². The van der Waals surface area contributed by atoms with Crippen molar-refractivity contribution in [2.75, 3.05) is 12.4 Å².